The molecule has 0 radical (unpaired) electrons. The maximum absolute atomic E-state index is 13.0. The van der Waals surface area contributed by atoms with Crippen LogP contribution in [0.3, 0.4) is 0 Å². The molecule has 0 spiro atoms. The molecule has 2 aromatic carbocycles. The minimum atomic E-state index is -1.61. The first-order chi connectivity index (χ1) is 16.6. The zero-order valence-electron chi connectivity index (χ0n) is 20.2. The second kappa shape index (κ2) is 10.3. The maximum atomic E-state index is 13.0. The molecule has 0 aromatic heterocycles. The van der Waals surface area contributed by atoms with E-state index in [0.717, 1.165) is 25.9 Å². The predicted molar refractivity (Wildman–Crippen MR) is 136 cm³/mol. The van der Waals surface area contributed by atoms with Gasteiger partial charge in [0.1, 0.15) is 11.9 Å². The number of hydrogen-bond acceptors (Lipinski definition) is 5. The average Bonchev–Trinajstić information content (AvgIpc) is 2.80. The van der Waals surface area contributed by atoms with Gasteiger partial charge in [-0.2, -0.15) is 0 Å². The van der Waals surface area contributed by atoms with Crippen molar-refractivity contribution < 1.29 is 19.4 Å². The number of hydrogen-bond donors (Lipinski definition) is 1. The van der Waals surface area contributed by atoms with Gasteiger partial charge in [-0.25, -0.2) is 0 Å². The number of likely N-dealkylation sites (tertiary alicyclic amines) is 2. The molecule has 35 heavy (non-hydrogen) atoms. The quantitative estimate of drug-likeness (QED) is 0.630. The van der Waals surface area contributed by atoms with Crippen molar-refractivity contribution in [2.75, 3.05) is 40.3 Å². The SMILES string of the molecule is CN(C)C(=O)c1ccc(OC2CN(C3CCN(C(=O)[C@@](C)(O)c4cccc(Cl)c4)CC3)C2)cc1Cl. The van der Waals surface area contributed by atoms with E-state index in [4.69, 9.17) is 27.9 Å². The molecule has 188 valence electrons. The molecular formula is C26H31Cl2N3O4. The molecule has 2 aromatic rings. The first-order valence-electron chi connectivity index (χ1n) is 11.8. The normalized spacial score (nSPS) is 19.1. The number of ether oxygens (including phenoxy) is 1. The van der Waals surface area contributed by atoms with Crippen molar-refractivity contribution in [3.63, 3.8) is 0 Å². The highest BCUT2D eigenvalue weighted by Gasteiger charge is 2.40. The number of rotatable bonds is 6. The lowest BCUT2D eigenvalue weighted by Crippen LogP contribution is -2.60. The minimum absolute atomic E-state index is 0.0599. The number of carbonyl (C=O) groups excluding carboxylic acids is 2. The topological polar surface area (TPSA) is 73.3 Å². The van der Waals surface area contributed by atoms with Gasteiger partial charge in [0.15, 0.2) is 5.60 Å². The van der Waals surface area contributed by atoms with Crippen LogP contribution in [0, 0.1) is 0 Å². The lowest BCUT2D eigenvalue weighted by Gasteiger charge is -2.47. The number of amides is 2. The summed E-state index contributed by atoms with van der Waals surface area (Å²) in [6, 6.07) is 12.3. The maximum Gasteiger partial charge on any atom is 0.258 e. The Kier molecular flexibility index (Phi) is 7.62. The van der Waals surface area contributed by atoms with Crippen molar-refractivity contribution in [2.45, 2.75) is 37.5 Å². The zero-order valence-corrected chi connectivity index (χ0v) is 21.7. The van der Waals surface area contributed by atoms with Gasteiger partial charge in [-0.1, -0.05) is 35.3 Å². The van der Waals surface area contributed by atoms with E-state index in [-0.39, 0.29) is 17.9 Å². The van der Waals surface area contributed by atoms with Crippen LogP contribution >= 0.6 is 23.2 Å². The lowest BCUT2D eigenvalue weighted by atomic mass is 9.92. The summed E-state index contributed by atoms with van der Waals surface area (Å²) in [6.07, 6.45) is 1.75. The Morgan fingerprint density at radius 2 is 1.77 bits per heavy atom. The Bertz CT molecular complexity index is 1090. The zero-order chi connectivity index (χ0) is 25.3. The Hall–Kier alpha value is -2.32. The average molecular weight is 520 g/mol. The summed E-state index contributed by atoms with van der Waals surface area (Å²) in [5.74, 6) is 0.213. The Morgan fingerprint density at radius 1 is 1.09 bits per heavy atom. The van der Waals surface area contributed by atoms with E-state index in [0.29, 0.717) is 46.1 Å². The molecule has 2 aliphatic rings. The summed E-state index contributed by atoms with van der Waals surface area (Å²) in [4.78, 5) is 30.8. The molecule has 0 aliphatic carbocycles. The van der Waals surface area contributed by atoms with Crippen LogP contribution in [0.25, 0.3) is 0 Å². The Balaban J connectivity index is 1.26. The number of carbonyl (C=O) groups is 2. The van der Waals surface area contributed by atoms with Crippen LogP contribution in [0.15, 0.2) is 42.5 Å². The van der Waals surface area contributed by atoms with Gasteiger partial charge >= 0.3 is 0 Å². The van der Waals surface area contributed by atoms with E-state index < -0.39 is 5.60 Å². The fourth-order valence-electron chi connectivity index (χ4n) is 4.67. The second-order valence-electron chi connectivity index (χ2n) is 9.64. The van der Waals surface area contributed by atoms with Gasteiger partial charge in [0, 0.05) is 51.3 Å². The second-order valence-corrected chi connectivity index (χ2v) is 10.5. The number of aliphatic hydroxyl groups is 1. The molecule has 0 saturated carbocycles. The van der Waals surface area contributed by atoms with Crippen LogP contribution in [0.5, 0.6) is 5.75 Å². The highest BCUT2D eigenvalue weighted by atomic mass is 35.5. The minimum Gasteiger partial charge on any atom is -0.488 e. The number of benzene rings is 2. The summed E-state index contributed by atoms with van der Waals surface area (Å²) in [5.41, 5.74) is -0.657. The van der Waals surface area contributed by atoms with Crippen molar-refractivity contribution >= 4 is 35.0 Å². The number of piperidine rings is 1. The van der Waals surface area contributed by atoms with Crippen LogP contribution in [0.4, 0.5) is 0 Å². The van der Waals surface area contributed by atoms with Crippen molar-refractivity contribution in [2.24, 2.45) is 0 Å². The van der Waals surface area contributed by atoms with E-state index in [1.807, 2.05) is 0 Å². The first kappa shape index (κ1) is 25.8. The molecule has 2 aliphatic heterocycles. The van der Waals surface area contributed by atoms with E-state index >= 15 is 0 Å². The monoisotopic (exact) mass is 519 g/mol. The highest BCUT2D eigenvalue weighted by Crippen LogP contribution is 2.30. The standard InChI is InChI=1S/C26H31Cl2N3O4/c1-26(34,17-5-4-6-18(27)13-17)25(33)30-11-9-19(10-12-30)31-15-21(16-31)35-20-7-8-22(23(28)14-20)24(32)29(2)3/h4-8,13-14,19,21,34H,9-12,15-16H2,1-3H3/t26-/m0/s1. The van der Waals surface area contributed by atoms with Gasteiger partial charge in [0.25, 0.3) is 11.8 Å². The molecular weight excluding hydrogens is 489 g/mol. The molecule has 9 heteroatoms. The molecule has 0 bridgehead atoms. The summed E-state index contributed by atoms with van der Waals surface area (Å²) < 4.78 is 6.05. The van der Waals surface area contributed by atoms with E-state index in [9.17, 15) is 14.7 Å². The van der Waals surface area contributed by atoms with Crippen LogP contribution < -0.4 is 4.74 Å². The van der Waals surface area contributed by atoms with E-state index in [1.54, 1.807) is 61.5 Å². The number of nitrogens with zero attached hydrogens (tertiary/aromatic N) is 3. The number of halogens is 2. The summed E-state index contributed by atoms with van der Waals surface area (Å²) in [5, 5.41) is 11.8. The Labute approximate surface area is 216 Å². The third kappa shape index (κ3) is 5.59. The van der Waals surface area contributed by atoms with Gasteiger partial charge in [0.05, 0.1) is 10.6 Å². The third-order valence-electron chi connectivity index (χ3n) is 6.83. The molecule has 1 atom stereocenters. The fourth-order valence-corrected chi connectivity index (χ4v) is 5.12. The Morgan fingerprint density at radius 3 is 2.37 bits per heavy atom. The smallest absolute Gasteiger partial charge is 0.258 e. The van der Waals surface area contributed by atoms with Gasteiger partial charge in [0.2, 0.25) is 0 Å². The summed E-state index contributed by atoms with van der Waals surface area (Å²) in [6.45, 7) is 4.32. The lowest BCUT2D eigenvalue weighted by molar-refractivity contribution is -0.152. The predicted octanol–water partition coefficient (Wildman–Crippen LogP) is 3.66. The molecule has 2 amide bonds. The van der Waals surface area contributed by atoms with Gasteiger partial charge in [-0.3, -0.25) is 14.5 Å². The van der Waals surface area contributed by atoms with Gasteiger partial charge in [-0.05, 0) is 55.7 Å². The van der Waals surface area contributed by atoms with Crippen LogP contribution in [-0.2, 0) is 10.4 Å². The summed E-state index contributed by atoms with van der Waals surface area (Å²) >= 11 is 12.3. The molecule has 1 N–H and O–H groups in total. The highest BCUT2D eigenvalue weighted by molar-refractivity contribution is 6.34. The molecule has 2 heterocycles. The fraction of sp³-hybridized carbons (Fsp3) is 0.462. The van der Waals surface area contributed by atoms with Gasteiger partial charge < -0.3 is 19.6 Å². The first-order valence-corrected chi connectivity index (χ1v) is 12.5. The third-order valence-corrected chi connectivity index (χ3v) is 7.38. The molecule has 4 rings (SSSR count). The molecule has 2 fully saturated rings. The van der Waals surface area contributed by atoms with Crippen LogP contribution in [-0.4, -0.2) is 84.0 Å². The van der Waals surface area contributed by atoms with Crippen LogP contribution in [0.2, 0.25) is 10.0 Å². The summed E-state index contributed by atoms with van der Waals surface area (Å²) in [7, 11) is 3.38. The van der Waals surface area contributed by atoms with Gasteiger partial charge in [-0.15, -0.1) is 0 Å². The van der Waals surface area contributed by atoms with E-state index in [1.165, 1.54) is 11.8 Å². The van der Waals surface area contributed by atoms with Crippen molar-refractivity contribution in [1.29, 1.82) is 0 Å². The molecule has 2 saturated heterocycles. The largest absolute Gasteiger partial charge is 0.488 e. The molecule has 0 unspecified atom stereocenters. The van der Waals surface area contributed by atoms with Crippen molar-refractivity contribution in [3.05, 3.63) is 63.6 Å². The van der Waals surface area contributed by atoms with Crippen LogP contribution in [0.1, 0.15) is 35.7 Å². The van der Waals surface area contributed by atoms with E-state index in [2.05, 4.69) is 4.90 Å². The van der Waals surface area contributed by atoms with Crippen molar-refractivity contribution in [3.8, 4) is 5.75 Å². The molecule has 7 nitrogen and oxygen atoms in total. The van der Waals surface area contributed by atoms with Crippen molar-refractivity contribution in [1.82, 2.24) is 14.7 Å².